The average Bonchev–Trinajstić information content (AvgIpc) is 3.29. The summed E-state index contributed by atoms with van der Waals surface area (Å²) in [5.74, 6) is -1.29. The van der Waals surface area contributed by atoms with Crippen LogP contribution < -0.4 is 5.32 Å². The van der Waals surface area contributed by atoms with E-state index in [0.29, 0.717) is 6.54 Å². The standard InChI is InChI=1S/C22H24N2O5/c1-2-24(16-9-4-3-5-10-16)20(25)15-29-22(27)17-11-6-7-12-18(17)23-21(26)19-13-8-14-28-19/h6-9,11-14H,2-5,10,15H2,1H3,(H,23,26). The Hall–Kier alpha value is -3.35. The van der Waals surface area contributed by atoms with E-state index in [1.807, 2.05) is 6.92 Å². The van der Waals surface area contributed by atoms with Crippen molar-refractivity contribution in [1.82, 2.24) is 4.90 Å². The van der Waals surface area contributed by atoms with Gasteiger partial charge < -0.3 is 19.4 Å². The van der Waals surface area contributed by atoms with Gasteiger partial charge in [0.15, 0.2) is 12.4 Å². The third-order valence-electron chi connectivity index (χ3n) is 4.70. The predicted octanol–water partition coefficient (Wildman–Crippen LogP) is 4.00. The molecule has 0 unspecified atom stereocenters. The summed E-state index contributed by atoms with van der Waals surface area (Å²) in [6.45, 7) is 2.07. The summed E-state index contributed by atoms with van der Waals surface area (Å²) in [6.07, 6.45) is 7.47. The molecule has 2 aromatic rings. The number of hydrogen-bond donors (Lipinski definition) is 1. The first-order chi connectivity index (χ1) is 14.1. The van der Waals surface area contributed by atoms with Crippen LogP contribution >= 0.6 is 0 Å². The molecule has 0 spiro atoms. The summed E-state index contributed by atoms with van der Waals surface area (Å²) in [4.78, 5) is 39.0. The summed E-state index contributed by atoms with van der Waals surface area (Å²) in [6, 6.07) is 9.59. The largest absolute Gasteiger partial charge is 0.459 e. The lowest BCUT2D eigenvalue weighted by molar-refractivity contribution is -0.132. The summed E-state index contributed by atoms with van der Waals surface area (Å²) in [5.41, 5.74) is 1.44. The summed E-state index contributed by atoms with van der Waals surface area (Å²) < 4.78 is 10.3. The van der Waals surface area contributed by atoms with Crippen LogP contribution in [0.25, 0.3) is 0 Å². The molecule has 1 aliphatic carbocycles. The number of carbonyl (C=O) groups excluding carboxylic acids is 3. The van der Waals surface area contributed by atoms with Gasteiger partial charge in [0.05, 0.1) is 17.5 Å². The second-order valence-electron chi connectivity index (χ2n) is 6.63. The lowest BCUT2D eigenvalue weighted by atomic mass is 10.0. The highest BCUT2D eigenvalue weighted by molar-refractivity contribution is 6.06. The van der Waals surface area contributed by atoms with Crippen LogP contribution in [0.2, 0.25) is 0 Å². The minimum absolute atomic E-state index is 0.127. The van der Waals surface area contributed by atoms with Crippen LogP contribution in [0.3, 0.4) is 0 Å². The number of esters is 1. The van der Waals surface area contributed by atoms with Crippen LogP contribution in [0.1, 0.15) is 53.5 Å². The number of hydrogen-bond acceptors (Lipinski definition) is 5. The summed E-state index contributed by atoms with van der Waals surface area (Å²) in [7, 11) is 0. The number of nitrogens with zero attached hydrogens (tertiary/aromatic N) is 1. The molecule has 0 saturated heterocycles. The lowest BCUT2D eigenvalue weighted by Crippen LogP contribution is -2.34. The molecule has 1 aromatic carbocycles. The lowest BCUT2D eigenvalue weighted by Gasteiger charge is -2.26. The maximum Gasteiger partial charge on any atom is 0.340 e. The van der Waals surface area contributed by atoms with E-state index in [9.17, 15) is 14.4 Å². The van der Waals surface area contributed by atoms with Gasteiger partial charge in [-0.05, 0) is 56.9 Å². The van der Waals surface area contributed by atoms with Crippen LogP contribution in [0.5, 0.6) is 0 Å². The Kier molecular flexibility index (Phi) is 6.84. The number of furan rings is 1. The first-order valence-electron chi connectivity index (χ1n) is 9.70. The quantitative estimate of drug-likeness (QED) is 0.715. The van der Waals surface area contributed by atoms with Gasteiger partial charge in [0.25, 0.3) is 11.8 Å². The Morgan fingerprint density at radius 1 is 1.14 bits per heavy atom. The van der Waals surface area contributed by atoms with Gasteiger partial charge in [-0.1, -0.05) is 18.2 Å². The smallest absolute Gasteiger partial charge is 0.340 e. The maximum absolute atomic E-state index is 12.6. The fourth-order valence-electron chi connectivity index (χ4n) is 3.25. The van der Waals surface area contributed by atoms with Crippen molar-refractivity contribution >= 4 is 23.5 Å². The van der Waals surface area contributed by atoms with Crippen molar-refractivity contribution < 1.29 is 23.5 Å². The molecule has 1 aliphatic rings. The van der Waals surface area contributed by atoms with Crippen molar-refractivity contribution in [2.45, 2.75) is 32.6 Å². The highest BCUT2D eigenvalue weighted by Crippen LogP contribution is 2.21. The molecular weight excluding hydrogens is 372 g/mol. The Morgan fingerprint density at radius 3 is 2.66 bits per heavy atom. The first-order valence-corrected chi connectivity index (χ1v) is 9.70. The number of allylic oxidation sites excluding steroid dienone is 2. The van der Waals surface area contributed by atoms with E-state index in [1.165, 1.54) is 18.4 Å². The van der Waals surface area contributed by atoms with Crippen molar-refractivity contribution in [3.8, 4) is 0 Å². The fourth-order valence-corrected chi connectivity index (χ4v) is 3.25. The van der Waals surface area contributed by atoms with Gasteiger partial charge in [0.1, 0.15) is 0 Å². The predicted molar refractivity (Wildman–Crippen MR) is 107 cm³/mol. The second kappa shape index (κ2) is 9.73. The average molecular weight is 396 g/mol. The normalized spacial score (nSPS) is 13.3. The SMILES string of the molecule is CCN(C(=O)COC(=O)c1ccccc1NC(=O)c1ccco1)C1=CCCCC1. The van der Waals surface area contributed by atoms with E-state index in [-0.39, 0.29) is 29.5 Å². The molecule has 1 aromatic heterocycles. The van der Waals surface area contributed by atoms with E-state index in [4.69, 9.17) is 9.15 Å². The van der Waals surface area contributed by atoms with E-state index < -0.39 is 11.9 Å². The number of likely N-dealkylation sites (N-methyl/N-ethyl adjacent to an activating group) is 1. The molecule has 7 heteroatoms. The van der Waals surface area contributed by atoms with Crippen LogP contribution in [0.4, 0.5) is 5.69 Å². The van der Waals surface area contributed by atoms with E-state index >= 15 is 0 Å². The number of anilines is 1. The molecule has 0 fully saturated rings. The number of rotatable bonds is 7. The van der Waals surface area contributed by atoms with Crippen molar-refractivity contribution in [1.29, 1.82) is 0 Å². The van der Waals surface area contributed by atoms with Gasteiger partial charge in [0.2, 0.25) is 0 Å². The molecule has 7 nitrogen and oxygen atoms in total. The van der Waals surface area contributed by atoms with Gasteiger partial charge >= 0.3 is 5.97 Å². The zero-order valence-corrected chi connectivity index (χ0v) is 16.3. The number of ether oxygens (including phenoxy) is 1. The molecule has 0 bridgehead atoms. The molecule has 0 aliphatic heterocycles. The molecule has 1 heterocycles. The van der Waals surface area contributed by atoms with E-state index in [2.05, 4.69) is 11.4 Å². The maximum atomic E-state index is 12.6. The highest BCUT2D eigenvalue weighted by atomic mass is 16.5. The zero-order valence-electron chi connectivity index (χ0n) is 16.3. The fraction of sp³-hybridized carbons (Fsp3) is 0.318. The third-order valence-corrected chi connectivity index (χ3v) is 4.70. The molecule has 0 saturated carbocycles. The van der Waals surface area contributed by atoms with Gasteiger partial charge in [-0.2, -0.15) is 0 Å². The van der Waals surface area contributed by atoms with E-state index in [0.717, 1.165) is 31.4 Å². The number of amides is 2. The van der Waals surface area contributed by atoms with Crippen molar-refractivity contribution in [2.75, 3.05) is 18.5 Å². The molecule has 0 atom stereocenters. The molecule has 0 radical (unpaired) electrons. The topological polar surface area (TPSA) is 88.9 Å². The Labute approximate surface area is 169 Å². The van der Waals surface area contributed by atoms with Gasteiger partial charge in [-0.3, -0.25) is 9.59 Å². The van der Waals surface area contributed by atoms with Crippen molar-refractivity contribution in [3.63, 3.8) is 0 Å². The summed E-state index contributed by atoms with van der Waals surface area (Å²) >= 11 is 0. The number of benzene rings is 1. The molecule has 2 amide bonds. The molecular formula is C22H24N2O5. The van der Waals surface area contributed by atoms with Crippen LogP contribution in [-0.4, -0.2) is 35.8 Å². The first kappa shape index (κ1) is 20.4. The molecule has 29 heavy (non-hydrogen) atoms. The monoisotopic (exact) mass is 396 g/mol. The van der Waals surface area contributed by atoms with Crippen molar-refractivity contribution in [2.24, 2.45) is 0 Å². The van der Waals surface area contributed by atoms with Gasteiger partial charge in [0, 0.05) is 12.2 Å². The minimum Gasteiger partial charge on any atom is -0.459 e. The van der Waals surface area contributed by atoms with Gasteiger partial charge in [-0.25, -0.2) is 4.79 Å². The third kappa shape index (κ3) is 5.13. The molecule has 1 N–H and O–H groups in total. The van der Waals surface area contributed by atoms with E-state index in [1.54, 1.807) is 29.2 Å². The number of carbonyl (C=O) groups is 3. The zero-order chi connectivity index (χ0) is 20.6. The molecule has 152 valence electrons. The summed E-state index contributed by atoms with van der Waals surface area (Å²) in [5, 5.41) is 2.63. The second-order valence-corrected chi connectivity index (χ2v) is 6.63. The van der Waals surface area contributed by atoms with Crippen molar-refractivity contribution in [3.05, 3.63) is 65.8 Å². The Morgan fingerprint density at radius 2 is 1.97 bits per heavy atom. The minimum atomic E-state index is -0.678. The Bertz CT molecular complexity index is 902. The Balaban J connectivity index is 1.64. The highest BCUT2D eigenvalue weighted by Gasteiger charge is 2.21. The van der Waals surface area contributed by atoms with Crippen LogP contribution in [0, 0.1) is 0 Å². The number of para-hydroxylation sites is 1. The van der Waals surface area contributed by atoms with Crippen LogP contribution in [0.15, 0.2) is 58.9 Å². The van der Waals surface area contributed by atoms with Crippen LogP contribution in [-0.2, 0) is 9.53 Å². The molecule has 3 rings (SSSR count). The number of nitrogens with one attached hydrogen (secondary N) is 1. The van der Waals surface area contributed by atoms with Gasteiger partial charge in [-0.15, -0.1) is 0 Å².